The molecule has 0 bridgehead atoms. The van der Waals surface area contributed by atoms with Crippen LogP contribution in [0.25, 0.3) is 0 Å². The number of carbonyl (C=O) groups is 2. The molecule has 33 heavy (non-hydrogen) atoms. The van der Waals surface area contributed by atoms with Crippen molar-refractivity contribution in [2.75, 3.05) is 34.5 Å². The molecule has 0 aliphatic rings. The van der Waals surface area contributed by atoms with Gasteiger partial charge < -0.3 is 29.2 Å². The minimum atomic E-state index is -0.626. The Labute approximate surface area is 195 Å². The molecule has 1 unspecified atom stereocenters. The molecule has 0 fully saturated rings. The molecule has 0 heterocycles. The summed E-state index contributed by atoms with van der Waals surface area (Å²) in [5.74, 6) is 1.73. The fourth-order valence-electron chi connectivity index (χ4n) is 3.35. The van der Waals surface area contributed by atoms with Crippen molar-refractivity contribution in [1.82, 2.24) is 10.2 Å². The van der Waals surface area contributed by atoms with Crippen LogP contribution in [0.5, 0.6) is 23.0 Å². The number of methoxy groups -OCH3 is 3. The summed E-state index contributed by atoms with van der Waals surface area (Å²) in [5, 5.41) is 2.90. The average molecular weight is 459 g/mol. The first-order valence-electron chi connectivity index (χ1n) is 11.0. The molecule has 1 atom stereocenters. The van der Waals surface area contributed by atoms with Crippen LogP contribution in [0.15, 0.2) is 42.5 Å². The second-order valence-corrected chi connectivity index (χ2v) is 7.43. The largest absolute Gasteiger partial charge is 0.497 e. The SMILES string of the molecule is CCCNC(=O)C(CC)N(Cc1cccc(OC)c1)C(=O)COc1cc(OC)cc(OC)c1. The van der Waals surface area contributed by atoms with Crippen LogP contribution in [0, 0.1) is 0 Å². The molecule has 1 N–H and O–H groups in total. The number of rotatable bonds is 13. The number of amides is 2. The van der Waals surface area contributed by atoms with Gasteiger partial charge in [-0.3, -0.25) is 9.59 Å². The van der Waals surface area contributed by atoms with Gasteiger partial charge in [0, 0.05) is 31.3 Å². The van der Waals surface area contributed by atoms with E-state index in [1.54, 1.807) is 44.4 Å². The minimum absolute atomic E-state index is 0.182. The third-order valence-electron chi connectivity index (χ3n) is 5.11. The van der Waals surface area contributed by atoms with Crippen LogP contribution in [-0.2, 0) is 16.1 Å². The number of benzene rings is 2. The molecule has 8 heteroatoms. The van der Waals surface area contributed by atoms with Gasteiger partial charge in [-0.25, -0.2) is 0 Å². The summed E-state index contributed by atoms with van der Waals surface area (Å²) < 4.78 is 21.6. The Morgan fingerprint density at radius 2 is 1.55 bits per heavy atom. The lowest BCUT2D eigenvalue weighted by atomic mass is 10.1. The molecule has 180 valence electrons. The molecule has 0 aromatic heterocycles. The summed E-state index contributed by atoms with van der Waals surface area (Å²) in [6.45, 7) is 4.43. The van der Waals surface area contributed by atoms with Gasteiger partial charge >= 0.3 is 0 Å². The quantitative estimate of drug-likeness (QED) is 0.495. The monoisotopic (exact) mass is 458 g/mol. The summed E-state index contributed by atoms with van der Waals surface area (Å²) >= 11 is 0. The Bertz CT molecular complexity index is 895. The normalized spacial score (nSPS) is 11.3. The van der Waals surface area contributed by atoms with Gasteiger partial charge in [-0.2, -0.15) is 0 Å². The van der Waals surface area contributed by atoms with E-state index >= 15 is 0 Å². The summed E-state index contributed by atoms with van der Waals surface area (Å²) in [5.41, 5.74) is 0.854. The van der Waals surface area contributed by atoms with Gasteiger partial charge in [0.05, 0.1) is 21.3 Å². The molecule has 0 aliphatic heterocycles. The average Bonchev–Trinajstić information content (AvgIpc) is 2.85. The maximum absolute atomic E-state index is 13.3. The van der Waals surface area contributed by atoms with Gasteiger partial charge in [0.2, 0.25) is 5.91 Å². The van der Waals surface area contributed by atoms with Gasteiger partial charge in [-0.1, -0.05) is 26.0 Å². The minimum Gasteiger partial charge on any atom is -0.497 e. The molecule has 0 saturated carbocycles. The fourth-order valence-corrected chi connectivity index (χ4v) is 3.35. The molecule has 0 spiro atoms. The highest BCUT2D eigenvalue weighted by molar-refractivity contribution is 5.88. The van der Waals surface area contributed by atoms with E-state index in [4.69, 9.17) is 18.9 Å². The van der Waals surface area contributed by atoms with Crippen LogP contribution in [0.3, 0.4) is 0 Å². The number of hydrogen-bond acceptors (Lipinski definition) is 6. The Morgan fingerprint density at radius 1 is 0.909 bits per heavy atom. The first-order valence-corrected chi connectivity index (χ1v) is 11.0. The van der Waals surface area contributed by atoms with Gasteiger partial charge in [0.15, 0.2) is 6.61 Å². The fraction of sp³-hybridized carbons (Fsp3) is 0.440. The van der Waals surface area contributed by atoms with E-state index in [2.05, 4.69) is 5.32 Å². The molecule has 2 aromatic rings. The molecule has 2 aromatic carbocycles. The van der Waals surface area contributed by atoms with Crippen LogP contribution in [-0.4, -0.2) is 57.2 Å². The second-order valence-electron chi connectivity index (χ2n) is 7.43. The van der Waals surface area contributed by atoms with E-state index in [0.717, 1.165) is 12.0 Å². The lowest BCUT2D eigenvalue weighted by Gasteiger charge is -2.30. The number of carbonyl (C=O) groups excluding carboxylic acids is 2. The van der Waals surface area contributed by atoms with E-state index in [9.17, 15) is 9.59 Å². The predicted octanol–water partition coefficient (Wildman–Crippen LogP) is 3.42. The Morgan fingerprint density at radius 3 is 2.12 bits per heavy atom. The molecular formula is C25H34N2O6. The highest BCUT2D eigenvalue weighted by atomic mass is 16.5. The van der Waals surface area contributed by atoms with Crippen molar-refractivity contribution in [1.29, 1.82) is 0 Å². The molecule has 2 amide bonds. The lowest BCUT2D eigenvalue weighted by molar-refractivity contribution is -0.143. The standard InChI is InChI=1S/C25H34N2O6/c1-6-11-26-25(29)23(7-2)27(16-18-9-8-10-19(12-18)30-3)24(28)17-33-22-14-20(31-4)13-21(15-22)32-5/h8-10,12-15,23H,6-7,11,16-17H2,1-5H3,(H,26,29). The van der Waals surface area contributed by atoms with E-state index in [1.807, 2.05) is 38.1 Å². The topological polar surface area (TPSA) is 86.3 Å². The van der Waals surface area contributed by atoms with Crippen molar-refractivity contribution in [3.8, 4) is 23.0 Å². The number of ether oxygens (including phenoxy) is 4. The third-order valence-corrected chi connectivity index (χ3v) is 5.11. The van der Waals surface area contributed by atoms with E-state index < -0.39 is 6.04 Å². The number of hydrogen-bond donors (Lipinski definition) is 1. The summed E-state index contributed by atoms with van der Waals surface area (Å²) in [7, 11) is 4.67. The molecule has 2 rings (SSSR count). The number of nitrogens with zero attached hydrogens (tertiary/aromatic N) is 1. The van der Waals surface area contributed by atoms with Crippen LogP contribution in [0.2, 0.25) is 0 Å². The third kappa shape index (κ3) is 7.59. The number of nitrogens with one attached hydrogen (secondary N) is 1. The molecule has 0 aliphatic carbocycles. The van der Waals surface area contributed by atoms with E-state index in [0.29, 0.717) is 36.0 Å². The first kappa shape index (κ1) is 25.8. The Hall–Kier alpha value is -3.42. The first-order chi connectivity index (χ1) is 15.9. The predicted molar refractivity (Wildman–Crippen MR) is 126 cm³/mol. The van der Waals surface area contributed by atoms with Gasteiger partial charge in [-0.05, 0) is 30.5 Å². The van der Waals surface area contributed by atoms with Crippen molar-refractivity contribution in [2.24, 2.45) is 0 Å². The van der Waals surface area contributed by atoms with Crippen molar-refractivity contribution >= 4 is 11.8 Å². The lowest BCUT2D eigenvalue weighted by Crippen LogP contribution is -2.50. The zero-order chi connectivity index (χ0) is 24.2. The Balaban J connectivity index is 2.25. The highest BCUT2D eigenvalue weighted by Gasteiger charge is 2.29. The maximum Gasteiger partial charge on any atom is 0.261 e. The van der Waals surface area contributed by atoms with Crippen molar-refractivity contribution in [2.45, 2.75) is 39.3 Å². The highest BCUT2D eigenvalue weighted by Crippen LogP contribution is 2.27. The van der Waals surface area contributed by atoms with E-state index in [-0.39, 0.29) is 25.0 Å². The van der Waals surface area contributed by atoms with Crippen LogP contribution >= 0.6 is 0 Å². The summed E-state index contributed by atoms with van der Waals surface area (Å²) in [4.78, 5) is 27.7. The van der Waals surface area contributed by atoms with Crippen LogP contribution < -0.4 is 24.3 Å². The van der Waals surface area contributed by atoms with E-state index in [1.165, 1.54) is 0 Å². The van der Waals surface area contributed by atoms with Crippen molar-refractivity contribution in [3.63, 3.8) is 0 Å². The Kier molecular flexibility index (Phi) is 10.3. The van der Waals surface area contributed by atoms with Crippen LogP contribution in [0.4, 0.5) is 0 Å². The summed E-state index contributed by atoms with van der Waals surface area (Å²) in [6, 6.07) is 11.9. The molecular weight excluding hydrogens is 424 g/mol. The molecule has 0 radical (unpaired) electrons. The molecule has 8 nitrogen and oxygen atoms in total. The maximum atomic E-state index is 13.3. The zero-order valence-corrected chi connectivity index (χ0v) is 20.1. The smallest absolute Gasteiger partial charge is 0.261 e. The zero-order valence-electron chi connectivity index (χ0n) is 20.1. The van der Waals surface area contributed by atoms with Gasteiger partial charge in [0.25, 0.3) is 5.91 Å². The van der Waals surface area contributed by atoms with Gasteiger partial charge in [0.1, 0.15) is 29.0 Å². The van der Waals surface area contributed by atoms with Crippen LogP contribution in [0.1, 0.15) is 32.3 Å². The van der Waals surface area contributed by atoms with Crippen molar-refractivity contribution in [3.05, 3.63) is 48.0 Å². The molecule has 0 saturated heterocycles. The summed E-state index contributed by atoms with van der Waals surface area (Å²) in [6.07, 6.45) is 1.28. The second kappa shape index (κ2) is 13.2. The van der Waals surface area contributed by atoms with Crippen molar-refractivity contribution < 1.29 is 28.5 Å². The van der Waals surface area contributed by atoms with Gasteiger partial charge in [-0.15, -0.1) is 0 Å².